The van der Waals surface area contributed by atoms with E-state index in [0.29, 0.717) is 22.2 Å². The first-order chi connectivity index (χ1) is 12.6. The summed E-state index contributed by atoms with van der Waals surface area (Å²) in [5.41, 5.74) is 3.18. The van der Waals surface area contributed by atoms with E-state index >= 15 is 0 Å². The highest BCUT2D eigenvalue weighted by Crippen LogP contribution is 2.42. The SMILES string of the molecule is Cc1cc(C)c(C)c(S(=O)(=O)NC(C)C(=O)Nc2nnc(C3CC3)s2)c1C. The van der Waals surface area contributed by atoms with Crippen molar-refractivity contribution < 1.29 is 13.2 Å². The fourth-order valence-corrected chi connectivity index (χ4v) is 5.66. The molecule has 1 aromatic carbocycles. The van der Waals surface area contributed by atoms with Crippen LogP contribution in [0.2, 0.25) is 0 Å². The van der Waals surface area contributed by atoms with E-state index < -0.39 is 22.0 Å². The minimum absolute atomic E-state index is 0.242. The van der Waals surface area contributed by atoms with Gasteiger partial charge in [0, 0.05) is 5.92 Å². The molecule has 0 aliphatic heterocycles. The van der Waals surface area contributed by atoms with Gasteiger partial charge in [0.25, 0.3) is 0 Å². The van der Waals surface area contributed by atoms with Crippen LogP contribution < -0.4 is 10.0 Å². The van der Waals surface area contributed by atoms with Gasteiger partial charge in [-0.15, -0.1) is 10.2 Å². The average Bonchev–Trinajstić information content (AvgIpc) is 3.32. The number of carbonyl (C=O) groups is 1. The van der Waals surface area contributed by atoms with Gasteiger partial charge in [-0.3, -0.25) is 10.1 Å². The van der Waals surface area contributed by atoms with E-state index in [0.717, 1.165) is 29.0 Å². The van der Waals surface area contributed by atoms with Crippen molar-refractivity contribution in [3.05, 3.63) is 33.3 Å². The number of benzene rings is 1. The predicted octanol–water partition coefficient (Wildman–Crippen LogP) is 2.95. The number of anilines is 1. The maximum absolute atomic E-state index is 12.9. The Morgan fingerprint density at radius 1 is 1.15 bits per heavy atom. The number of nitrogens with zero attached hydrogens (tertiary/aromatic N) is 2. The lowest BCUT2D eigenvalue weighted by Crippen LogP contribution is -2.42. The lowest BCUT2D eigenvalue weighted by Gasteiger charge is -2.18. The summed E-state index contributed by atoms with van der Waals surface area (Å²) in [4.78, 5) is 12.7. The third-order valence-electron chi connectivity index (χ3n) is 4.89. The number of amides is 1. The Hall–Kier alpha value is -1.84. The van der Waals surface area contributed by atoms with Gasteiger partial charge >= 0.3 is 0 Å². The van der Waals surface area contributed by atoms with Crippen LogP contribution in [0.25, 0.3) is 0 Å². The van der Waals surface area contributed by atoms with Crippen LogP contribution in [0, 0.1) is 27.7 Å². The summed E-state index contributed by atoms with van der Waals surface area (Å²) in [5.74, 6) is -0.00339. The van der Waals surface area contributed by atoms with Crippen molar-refractivity contribution in [3.63, 3.8) is 0 Å². The number of nitrogens with one attached hydrogen (secondary N) is 2. The molecule has 1 unspecified atom stereocenters. The summed E-state index contributed by atoms with van der Waals surface area (Å²) >= 11 is 1.34. The van der Waals surface area contributed by atoms with Crippen molar-refractivity contribution in [2.24, 2.45) is 0 Å². The number of aryl methyl sites for hydroxylation is 2. The molecule has 1 saturated carbocycles. The van der Waals surface area contributed by atoms with Gasteiger partial charge in [0.15, 0.2) is 0 Å². The Morgan fingerprint density at radius 2 is 1.74 bits per heavy atom. The molecule has 2 aromatic rings. The summed E-state index contributed by atoms with van der Waals surface area (Å²) < 4.78 is 28.3. The molecular formula is C18H24N4O3S2. The molecule has 1 aromatic heterocycles. The zero-order valence-corrected chi connectivity index (χ0v) is 17.7. The minimum atomic E-state index is -3.84. The van der Waals surface area contributed by atoms with Crippen LogP contribution in [-0.4, -0.2) is 30.6 Å². The third kappa shape index (κ3) is 4.20. The second-order valence-corrected chi connectivity index (χ2v) is 9.80. The first-order valence-corrected chi connectivity index (χ1v) is 11.1. The Labute approximate surface area is 163 Å². The van der Waals surface area contributed by atoms with E-state index in [2.05, 4.69) is 20.2 Å². The van der Waals surface area contributed by atoms with Crippen LogP contribution in [0.3, 0.4) is 0 Å². The van der Waals surface area contributed by atoms with Crippen LogP contribution in [-0.2, 0) is 14.8 Å². The second kappa shape index (κ2) is 7.29. The molecule has 0 saturated heterocycles. The monoisotopic (exact) mass is 408 g/mol. The van der Waals surface area contributed by atoms with E-state index in [1.165, 1.54) is 18.3 Å². The summed E-state index contributed by atoms with van der Waals surface area (Å²) in [5, 5.41) is 12.0. The molecule has 1 amide bonds. The van der Waals surface area contributed by atoms with Crippen molar-refractivity contribution in [2.75, 3.05) is 5.32 Å². The molecule has 27 heavy (non-hydrogen) atoms. The molecule has 146 valence electrons. The zero-order valence-electron chi connectivity index (χ0n) is 16.1. The Kier molecular flexibility index (Phi) is 5.38. The number of sulfonamides is 1. The van der Waals surface area contributed by atoms with Crippen LogP contribution in [0.15, 0.2) is 11.0 Å². The van der Waals surface area contributed by atoms with E-state index in [1.807, 2.05) is 19.9 Å². The summed E-state index contributed by atoms with van der Waals surface area (Å²) in [6.07, 6.45) is 2.21. The highest BCUT2D eigenvalue weighted by atomic mass is 32.2. The molecular weight excluding hydrogens is 384 g/mol. The molecule has 1 aliphatic carbocycles. The molecule has 1 aliphatic rings. The Bertz CT molecular complexity index is 968. The van der Waals surface area contributed by atoms with Gasteiger partial charge in [-0.05, 0) is 69.7 Å². The van der Waals surface area contributed by atoms with Gasteiger partial charge in [-0.1, -0.05) is 17.4 Å². The number of hydrogen-bond acceptors (Lipinski definition) is 6. The van der Waals surface area contributed by atoms with Gasteiger partial charge in [-0.2, -0.15) is 4.72 Å². The average molecular weight is 409 g/mol. The van der Waals surface area contributed by atoms with Gasteiger partial charge in [-0.25, -0.2) is 8.42 Å². The number of rotatable bonds is 6. The van der Waals surface area contributed by atoms with Crippen molar-refractivity contribution >= 4 is 32.4 Å². The molecule has 0 spiro atoms. The van der Waals surface area contributed by atoms with Gasteiger partial charge in [0.1, 0.15) is 5.01 Å². The second-order valence-electron chi connectivity index (χ2n) is 7.14. The normalized spacial score (nSPS) is 15.6. The van der Waals surface area contributed by atoms with Gasteiger partial charge < -0.3 is 0 Å². The number of carbonyl (C=O) groups excluding carboxylic acids is 1. The fraction of sp³-hybridized carbons (Fsp3) is 0.500. The van der Waals surface area contributed by atoms with Crippen molar-refractivity contribution in [2.45, 2.75) is 64.3 Å². The van der Waals surface area contributed by atoms with Crippen molar-refractivity contribution in [1.82, 2.24) is 14.9 Å². The maximum Gasteiger partial charge on any atom is 0.244 e. The number of hydrogen-bond donors (Lipinski definition) is 2. The molecule has 1 fully saturated rings. The molecule has 0 radical (unpaired) electrons. The summed E-state index contributed by atoms with van der Waals surface area (Å²) in [6, 6.07) is 1.02. The largest absolute Gasteiger partial charge is 0.299 e. The van der Waals surface area contributed by atoms with Crippen LogP contribution in [0.5, 0.6) is 0 Å². The quantitative estimate of drug-likeness (QED) is 0.765. The molecule has 7 nitrogen and oxygen atoms in total. The molecule has 0 bridgehead atoms. The topological polar surface area (TPSA) is 101 Å². The van der Waals surface area contributed by atoms with Crippen LogP contribution in [0.1, 0.15) is 52.9 Å². The maximum atomic E-state index is 12.9. The third-order valence-corrected chi connectivity index (χ3v) is 7.70. The van der Waals surface area contributed by atoms with E-state index in [1.54, 1.807) is 13.8 Å². The molecule has 1 heterocycles. The van der Waals surface area contributed by atoms with E-state index in [9.17, 15) is 13.2 Å². The lowest BCUT2D eigenvalue weighted by atomic mass is 10.0. The molecule has 9 heteroatoms. The van der Waals surface area contributed by atoms with Gasteiger partial charge in [0.2, 0.25) is 21.1 Å². The predicted molar refractivity (Wildman–Crippen MR) is 106 cm³/mol. The Morgan fingerprint density at radius 3 is 2.30 bits per heavy atom. The standard InChI is InChI=1S/C18H24N4O3S2/c1-9-8-10(2)12(4)15(11(9)3)27(24,25)22-13(5)16(23)19-18-21-20-17(26-18)14-6-7-14/h8,13-14,22H,6-7H2,1-5H3,(H,19,21,23). The summed E-state index contributed by atoms with van der Waals surface area (Å²) in [7, 11) is -3.84. The van der Waals surface area contributed by atoms with Crippen LogP contribution in [0.4, 0.5) is 5.13 Å². The first-order valence-electron chi connectivity index (χ1n) is 8.84. The van der Waals surface area contributed by atoms with Crippen molar-refractivity contribution in [3.8, 4) is 0 Å². The molecule has 2 N–H and O–H groups in total. The molecule has 3 rings (SSSR count). The van der Waals surface area contributed by atoms with Crippen molar-refractivity contribution in [1.29, 1.82) is 0 Å². The smallest absolute Gasteiger partial charge is 0.244 e. The molecule has 1 atom stereocenters. The lowest BCUT2D eigenvalue weighted by molar-refractivity contribution is -0.117. The minimum Gasteiger partial charge on any atom is -0.299 e. The summed E-state index contributed by atoms with van der Waals surface area (Å²) in [6.45, 7) is 8.83. The van der Waals surface area contributed by atoms with E-state index in [4.69, 9.17) is 0 Å². The first kappa shape index (κ1) is 19.9. The Balaban J connectivity index is 1.75. The highest BCUT2D eigenvalue weighted by molar-refractivity contribution is 7.89. The number of aromatic nitrogens is 2. The zero-order chi connectivity index (χ0) is 19.9. The van der Waals surface area contributed by atoms with E-state index in [-0.39, 0.29) is 4.90 Å². The van der Waals surface area contributed by atoms with Crippen LogP contribution >= 0.6 is 11.3 Å². The highest BCUT2D eigenvalue weighted by Gasteiger charge is 2.29. The van der Waals surface area contributed by atoms with Gasteiger partial charge in [0.05, 0.1) is 10.9 Å². The fourth-order valence-electron chi connectivity index (χ4n) is 2.92.